The SMILES string of the molecule is CCC(=O)N(c1ccccc1)[C@@H](C(=O)OC(C)(C)C)C1CCCNC1. The number of nitrogens with one attached hydrogen (secondary N) is 1. The Kier molecular flexibility index (Phi) is 6.59. The van der Waals surface area contributed by atoms with Gasteiger partial charge in [0.2, 0.25) is 5.91 Å². The maximum absolute atomic E-state index is 13.0. The van der Waals surface area contributed by atoms with E-state index in [0.29, 0.717) is 13.0 Å². The molecule has 2 atom stereocenters. The molecule has 1 saturated heterocycles. The fourth-order valence-electron chi connectivity index (χ4n) is 3.24. The van der Waals surface area contributed by atoms with E-state index in [1.165, 1.54) is 0 Å². The van der Waals surface area contributed by atoms with Gasteiger partial charge in [0, 0.05) is 24.6 Å². The van der Waals surface area contributed by atoms with E-state index in [-0.39, 0.29) is 17.8 Å². The van der Waals surface area contributed by atoms with Crippen LogP contribution >= 0.6 is 0 Å². The Morgan fingerprint density at radius 2 is 1.96 bits per heavy atom. The number of amides is 1. The van der Waals surface area contributed by atoms with E-state index >= 15 is 0 Å². The molecule has 0 saturated carbocycles. The molecule has 5 heteroatoms. The minimum atomic E-state index is -0.609. The predicted octanol–water partition coefficient (Wildman–Crippen LogP) is 3.14. The Morgan fingerprint density at radius 3 is 2.48 bits per heavy atom. The molecule has 0 aliphatic carbocycles. The second-order valence-corrected chi connectivity index (χ2v) is 7.54. The van der Waals surface area contributed by atoms with Crippen LogP contribution in [0.3, 0.4) is 0 Å². The summed E-state index contributed by atoms with van der Waals surface area (Å²) in [6.45, 7) is 9.05. The molecule has 1 fully saturated rings. The highest BCUT2D eigenvalue weighted by molar-refractivity contribution is 5.99. The Bertz CT molecular complexity index is 574. The lowest BCUT2D eigenvalue weighted by Gasteiger charge is -2.38. The number of piperidine rings is 1. The van der Waals surface area contributed by atoms with Crippen molar-refractivity contribution in [2.24, 2.45) is 5.92 Å². The predicted molar refractivity (Wildman–Crippen MR) is 99.4 cm³/mol. The van der Waals surface area contributed by atoms with Crippen LogP contribution in [0.1, 0.15) is 47.0 Å². The first-order chi connectivity index (χ1) is 11.8. The van der Waals surface area contributed by atoms with Crippen LogP contribution in [-0.4, -0.2) is 36.6 Å². The number of carbonyl (C=O) groups excluding carboxylic acids is 2. The zero-order valence-electron chi connectivity index (χ0n) is 15.7. The molecule has 1 heterocycles. The quantitative estimate of drug-likeness (QED) is 0.832. The summed E-state index contributed by atoms with van der Waals surface area (Å²) < 4.78 is 5.69. The van der Waals surface area contributed by atoms with Crippen molar-refractivity contribution in [3.63, 3.8) is 0 Å². The molecular formula is C20H30N2O3. The first-order valence-electron chi connectivity index (χ1n) is 9.14. The molecule has 1 aliphatic heterocycles. The molecule has 1 unspecified atom stereocenters. The van der Waals surface area contributed by atoms with Crippen LogP contribution < -0.4 is 10.2 Å². The smallest absolute Gasteiger partial charge is 0.330 e. The molecule has 1 amide bonds. The number of ether oxygens (including phenoxy) is 1. The van der Waals surface area contributed by atoms with E-state index < -0.39 is 11.6 Å². The first-order valence-corrected chi connectivity index (χ1v) is 9.14. The Morgan fingerprint density at radius 1 is 1.28 bits per heavy atom. The molecule has 1 aromatic carbocycles. The number of carbonyl (C=O) groups is 2. The molecule has 1 aliphatic rings. The average Bonchev–Trinajstić information content (AvgIpc) is 2.58. The fraction of sp³-hybridized carbons (Fsp3) is 0.600. The van der Waals surface area contributed by atoms with Crippen LogP contribution in [0.5, 0.6) is 0 Å². The zero-order chi connectivity index (χ0) is 18.4. The number of rotatable bonds is 5. The van der Waals surface area contributed by atoms with Gasteiger partial charge in [0.05, 0.1) is 0 Å². The Balaban J connectivity index is 2.41. The van der Waals surface area contributed by atoms with Crippen molar-refractivity contribution in [3.8, 4) is 0 Å². The van der Waals surface area contributed by atoms with Gasteiger partial charge >= 0.3 is 5.97 Å². The van der Waals surface area contributed by atoms with Gasteiger partial charge in [-0.3, -0.25) is 9.69 Å². The third-order valence-corrected chi connectivity index (χ3v) is 4.31. The van der Waals surface area contributed by atoms with E-state index in [9.17, 15) is 9.59 Å². The molecule has 0 spiro atoms. The van der Waals surface area contributed by atoms with Gasteiger partial charge in [-0.25, -0.2) is 4.79 Å². The minimum Gasteiger partial charge on any atom is -0.458 e. The number of hydrogen-bond acceptors (Lipinski definition) is 4. The maximum atomic E-state index is 13.0. The lowest BCUT2D eigenvalue weighted by molar-refractivity contribution is -0.159. The van der Waals surface area contributed by atoms with E-state index in [0.717, 1.165) is 25.1 Å². The largest absolute Gasteiger partial charge is 0.458 e. The summed E-state index contributed by atoms with van der Waals surface area (Å²) in [7, 11) is 0. The molecular weight excluding hydrogens is 316 g/mol. The van der Waals surface area contributed by atoms with E-state index in [4.69, 9.17) is 4.74 Å². The van der Waals surface area contributed by atoms with E-state index in [1.54, 1.807) is 4.90 Å². The van der Waals surface area contributed by atoms with Crippen LogP contribution in [0.15, 0.2) is 30.3 Å². The number of para-hydroxylation sites is 1. The topological polar surface area (TPSA) is 58.6 Å². The molecule has 25 heavy (non-hydrogen) atoms. The summed E-state index contributed by atoms with van der Waals surface area (Å²) in [5.41, 5.74) is 0.158. The van der Waals surface area contributed by atoms with Crippen molar-refractivity contribution in [2.45, 2.75) is 58.6 Å². The molecule has 2 rings (SSSR count). The number of benzene rings is 1. The minimum absolute atomic E-state index is 0.0410. The van der Waals surface area contributed by atoms with Crippen molar-refractivity contribution in [1.29, 1.82) is 0 Å². The van der Waals surface area contributed by atoms with Crippen molar-refractivity contribution in [1.82, 2.24) is 5.32 Å². The van der Waals surface area contributed by atoms with Gasteiger partial charge in [-0.15, -0.1) is 0 Å². The van der Waals surface area contributed by atoms with Gasteiger partial charge in [-0.1, -0.05) is 25.1 Å². The molecule has 0 aromatic heterocycles. The molecule has 0 radical (unpaired) electrons. The molecule has 1 N–H and O–H groups in total. The number of hydrogen-bond donors (Lipinski definition) is 1. The zero-order valence-corrected chi connectivity index (χ0v) is 15.7. The second kappa shape index (κ2) is 8.48. The summed E-state index contributed by atoms with van der Waals surface area (Å²) in [6, 6.07) is 8.82. The van der Waals surface area contributed by atoms with Crippen LogP contribution in [0, 0.1) is 5.92 Å². The van der Waals surface area contributed by atoms with Crippen molar-refractivity contribution in [3.05, 3.63) is 30.3 Å². The lowest BCUT2D eigenvalue weighted by Crippen LogP contribution is -2.54. The highest BCUT2D eigenvalue weighted by Crippen LogP contribution is 2.28. The van der Waals surface area contributed by atoms with E-state index in [2.05, 4.69) is 5.32 Å². The van der Waals surface area contributed by atoms with Crippen LogP contribution in [0.4, 0.5) is 5.69 Å². The molecule has 5 nitrogen and oxygen atoms in total. The fourth-order valence-corrected chi connectivity index (χ4v) is 3.24. The highest BCUT2D eigenvalue weighted by atomic mass is 16.6. The van der Waals surface area contributed by atoms with Crippen molar-refractivity contribution < 1.29 is 14.3 Å². The van der Waals surface area contributed by atoms with Crippen molar-refractivity contribution in [2.75, 3.05) is 18.0 Å². The van der Waals surface area contributed by atoms with Crippen LogP contribution in [0.2, 0.25) is 0 Å². The van der Waals surface area contributed by atoms with Gasteiger partial charge in [-0.05, 0) is 52.3 Å². The number of esters is 1. The summed E-state index contributed by atoms with van der Waals surface area (Å²) in [5.74, 6) is -0.348. The van der Waals surface area contributed by atoms with Gasteiger partial charge in [0.25, 0.3) is 0 Å². The van der Waals surface area contributed by atoms with Gasteiger partial charge in [0.1, 0.15) is 11.6 Å². The van der Waals surface area contributed by atoms with E-state index in [1.807, 2.05) is 58.0 Å². The number of nitrogens with zero attached hydrogens (tertiary/aromatic N) is 1. The Hall–Kier alpha value is -1.88. The standard InChI is InChI=1S/C20H30N2O3/c1-5-17(23)22(16-11-7-6-8-12-16)18(15-10-9-13-21-14-15)19(24)25-20(2,3)4/h6-8,11-12,15,18,21H,5,9-10,13-14H2,1-4H3/t15?,18-/m1/s1. The molecule has 1 aromatic rings. The summed E-state index contributed by atoms with van der Waals surface area (Å²) >= 11 is 0. The normalized spacial score (nSPS) is 19.1. The van der Waals surface area contributed by atoms with Crippen molar-refractivity contribution >= 4 is 17.6 Å². The monoisotopic (exact) mass is 346 g/mol. The first kappa shape index (κ1) is 19.4. The Labute approximate surface area is 150 Å². The summed E-state index contributed by atoms with van der Waals surface area (Å²) in [4.78, 5) is 27.5. The highest BCUT2D eigenvalue weighted by Gasteiger charge is 2.40. The van der Waals surface area contributed by atoms with Crippen LogP contribution in [0.25, 0.3) is 0 Å². The van der Waals surface area contributed by atoms with Gasteiger partial charge < -0.3 is 10.1 Å². The summed E-state index contributed by atoms with van der Waals surface area (Å²) in [6.07, 6.45) is 2.23. The summed E-state index contributed by atoms with van der Waals surface area (Å²) in [5, 5.41) is 3.35. The van der Waals surface area contributed by atoms with Gasteiger partial charge in [-0.2, -0.15) is 0 Å². The number of anilines is 1. The third-order valence-electron chi connectivity index (χ3n) is 4.31. The van der Waals surface area contributed by atoms with Crippen LogP contribution in [-0.2, 0) is 14.3 Å². The van der Waals surface area contributed by atoms with Gasteiger partial charge in [0.15, 0.2) is 0 Å². The molecule has 138 valence electrons. The lowest BCUT2D eigenvalue weighted by atomic mass is 9.89. The second-order valence-electron chi connectivity index (χ2n) is 7.54. The maximum Gasteiger partial charge on any atom is 0.330 e. The molecule has 0 bridgehead atoms. The average molecular weight is 346 g/mol. The third kappa shape index (κ3) is 5.30.